The zero-order chi connectivity index (χ0) is 10.1. The van der Waals surface area contributed by atoms with Crippen molar-refractivity contribution in [2.75, 3.05) is 6.54 Å². The van der Waals surface area contributed by atoms with Gasteiger partial charge in [-0.3, -0.25) is 4.68 Å². The van der Waals surface area contributed by atoms with Crippen LogP contribution in [0.25, 0.3) is 0 Å². The molecule has 3 heteroatoms. The molecular formula is C10H19N3. The van der Waals surface area contributed by atoms with E-state index in [1.807, 2.05) is 18.7 Å². The van der Waals surface area contributed by atoms with E-state index in [2.05, 4.69) is 25.0 Å². The number of nitrogens with two attached hydrogens (primary N) is 1. The molecule has 2 N–H and O–H groups in total. The molecule has 1 heterocycles. The molecule has 0 atom stereocenters. The van der Waals surface area contributed by atoms with Gasteiger partial charge in [0.2, 0.25) is 0 Å². The first-order valence-electron chi connectivity index (χ1n) is 4.68. The van der Waals surface area contributed by atoms with E-state index in [9.17, 15) is 0 Å². The fraction of sp³-hybridized carbons (Fsp3) is 0.700. The van der Waals surface area contributed by atoms with E-state index >= 15 is 0 Å². The predicted molar refractivity (Wildman–Crippen MR) is 54.6 cm³/mol. The number of nitrogens with zero attached hydrogens (tertiary/aromatic N) is 2. The Kier molecular flexibility index (Phi) is 2.76. The fourth-order valence-electron chi connectivity index (χ4n) is 1.73. The maximum absolute atomic E-state index is 5.58. The number of rotatable bonds is 3. The molecule has 0 amide bonds. The molecule has 0 radical (unpaired) electrons. The third-order valence-corrected chi connectivity index (χ3v) is 2.46. The lowest BCUT2D eigenvalue weighted by Gasteiger charge is -2.23. The Morgan fingerprint density at radius 3 is 2.54 bits per heavy atom. The van der Waals surface area contributed by atoms with E-state index in [1.54, 1.807) is 0 Å². The van der Waals surface area contributed by atoms with E-state index in [0.29, 0.717) is 0 Å². The maximum Gasteiger partial charge on any atom is 0.0596 e. The monoisotopic (exact) mass is 181 g/mol. The first kappa shape index (κ1) is 10.3. The Balaban J connectivity index is 2.98. The third kappa shape index (κ3) is 2.10. The summed E-state index contributed by atoms with van der Waals surface area (Å²) in [5.74, 6) is 0. The second-order valence-electron chi connectivity index (χ2n) is 4.22. The summed E-state index contributed by atoms with van der Waals surface area (Å²) in [6, 6.07) is 2.13. The topological polar surface area (TPSA) is 43.8 Å². The summed E-state index contributed by atoms with van der Waals surface area (Å²) in [4.78, 5) is 0. The van der Waals surface area contributed by atoms with E-state index < -0.39 is 0 Å². The van der Waals surface area contributed by atoms with Crippen LogP contribution in [0.1, 0.15) is 31.7 Å². The van der Waals surface area contributed by atoms with Crippen molar-refractivity contribution in [1.82, 2.24) is 9.78 Å². The molecule has 0 aromatic carbocycles. The smallest absolute Gasteiger partial charge is 0.0596 e. The van der Waals surface area contributed by atoms with Gasteiger partial charge < -0.3 is 5.73 Å². The molecule has 3 nitrogen and oxygen atoms in total. The minimum Gasteiger partial charge on any atom is -0.330 e. The molecule has 13 heavy (non-hydrogen) atoms. The van der Waals surface area contributed by atoms with E-state index in [-0.39, 0.29) is 5.41 Å². The van der Waals surface area contributed by atoms with Crippen LogP contribution in [-0.4, -0.2) is 16.3 Å². The Bertz CT molecular complexity index is 286. The standard InChI is InChI=1S/C10H19N3/c1-8-7-9(13(4)12-8)10(2,3)5-6-11/h7H,5-6,11H2,1-4H3. The number of hydrogen-bond acceptors (Lipinski definition) is 2. The SMILES string of the molecule is Cc1cc(C(C)(C)CCN)n(C)n1. The molecule has 0 bridgehead atoms. The molecule has 1 rings (SSSR count). The molecule has 0 aliphatic carbocycles. The molecule has 0 spiro atoms. The molecule has 0 fully saturated rings. The van der Waals surface area contributed by atoms with Gasteiger partial charge in [0.1, 0.15) is 0 Å². The van der Waals surface area contributed by atoms with Gasteiger partial charge in [0.15, 0.2) is 0 Å². The quantitative estimate of drug-likeness (QED) is 0.765. The number of hydrogen-bond donors (Lipinski definition) is 1. The van der Waals surface area contributed by atoms with Crippen molar-refractivity contribution < 1.29 is 0 Å². The van der Waals surface area contributed by atoms with Gasteiger partial charge in [0, 0.05) is 18.2 Å². The van der Waals surface area contributed by atoms with E-state index in [1.165, 1.54) is 5.69 Å². The van der Waals surface area contributed by atoms with Crippen LogP contribution < -0.4 is 5.73 Å². The van der Waals surface area contributed by atoms with Gasteiger partial charge in [-0.1, -0.05) is 13.8 Å². The maximum atomic E-state index is 5.58. The van der Waals surface area contributed by atoms with Crippen molar-refractivity contribution >= 4 is 0 Å². The Hall–Kier alpha value is -0.830. The summed E-state index contributed by atoms with van der Waals surface area (Å²) in [5, 5.41) is 4.34. The highest BCUT2D eigenvalue weighted by molar-refractivity contribution is 5.17. The van der Waals surface area contributed by atoms with Crippen LogP contribution in [0.15, 0.2) is 6.07 Å². The van der Waals surface area contributed by atoms with Crippen molar-refractivity contribution in [3.05, 3.63) is 17.5 Å². The first-order valence-corrected chi connectivity index (χ1v) is 4.68. The second kappa shape index (κ2) is 3.50. The third-order valence-electron chi connectivity index (χ3n) is 2.46. The number of aromatic nitrogens is 2. The van der Waals surface area contributed by atoms with Crippen molar-refractivity contribution in [2.24, 2.45) is 12.8 Å². The summed E-state index contributed by atoms with van der Waals surface area (Å²) in [6.07, 6.45) is 0.992. The van der Waals surface area contributed by atoms with Gasteiger partial charge in [-0.2, -0.15) is 5.10 Å². The van der Waals surface area contributed by atoms with Crippen LogP contribution in [0, 0.1) is 6.92 Å². The Labute approximate surface area is 79.9 Å². The van der Waals surface area contributed by atoms with Gasteiger partial charge in [-0.05, 0) is 26.0 Å². The van der Waals surface area contributed by atoms with Crippen molar-refractivity contribution in [1.29, 1.82) is 0 Å². The summed E-state index contributed by atoms with van der Waals surface area (Å²) in [5.41, 5.74) is 8.04. The first-order chi connectivity index (χ1) is 5.97. The second-order valence-corrected chi connectivity index (χ2v) is 4.22. The Morgan fingerprint density at radius 2 is 2.15 bits per heavy atom. The van der Waals surface area contributed by atoms with Crippen LogP contribution >= 0.6 is 0 Å². The average Bonchev–Trinajstić information content (AvgIpc) is 2.30. The molecule has 0 aliphatic heterocycles. The molecular weight excluding hydrogens is 162 g/mol. The zero-order valence-corrected chi connectivity index (χ0v) is 8.96. The predicted octanol–water partition coefficient (Wildman–Crippen LogP) is 1.35. The highest BCUT2D eigenvalue weighted by Gasteiger charge is 2.23. The van der Waals surface area contributed by atoms with Crippen molar-refractivity contribution in [3.63, 3.8) is 0 Å². The molecule has 0 aliphatic rings. The molecule has 1 aromatic heterocycles. The summed E-state index contributed by atoms with van der Waals surface area (Å²) < 4.78 is 1.95. The molecule has 1 aromatic rings. The van der Waals surface area contributed by atoms with Crippen LogP contribution in [0.2, 0.25) is 0 Å². The Morgan fingerprint density at radius 1 is 1.54 bits per heavy atom. The van der Waals surface area contributed by atoms with Gasteiger partial charge in [-0.25, -0.2) is 0 Å². The average molecular weight is 181 g/mol. The van der Waals surface area contributed by atoms with Gasteiger partial charge in [-0.15, -0.1) is 0 Å². The highest BCUT2D eigenvalue weighted by atomic mass is 15.3. The van der Waals surface area contributed by atoms with Crippen LogP contribution in [0.3, 0.4) is 0 Å². The minimum absolute atomic E-state index is 0.130. The van der Waals surface area contributed by atoms with Gasteiger partial charge in [0.05, 0.1) is 5.69 Å². The molecule has 0 saturated heterocycles. The summed E-state index contributed by atoms with van der Waals surface area (Å²) in [6.45, 7) is 7.14. The van der Waals surface area contributed by atoms with Crippen LogP contribution in [-0.2, 0) is 12.5 Å². The van der Waals surface area contributed by atoms with Gasteiger partial charge >= 0.3 is 0 Å². The minimum atomic E-state index is 0.130. The van der Waals surface area contributed by atoms with Crippen molar-refractivity contribution in [2.45, 2.75) is 32.6 Å². The zero-order valence-electron chi connectivity index (χ0n) is 8.96. The van der Waals surface area contributed by atoms with Crippen LogP contribution in [0.5, 0.6) is 0 Å². The normalized spacial score (nSPS) is 12.1. The lowest BCUT2D eigenvalue weighted by atomic mass is 9.85. The van der Waals surface area contributed by atoms with E-state index in [0.717, 1.165) is 18.7 Å². The summed E-state index contributed by atoms with van der Waals surface area (Å²) in [7, 11) is 1.99. The molecule has 0 saturated carbocycles. The van der Waals surface area contributed by atoms with Crippen molar-refractivity contribution in [3.8, 4) is 0 Å². The van der Waals surface area contributed by atoms with E-state index in [4.69, 9.17) is 5.73 Å². The van der Waals surface area contributed by atoms with Gasteiger partial charge in [0.25, 0.3) is 0 Å². The fourth-order valence-corrected chi connectivity index (χ4v) is 1.73. The lowest BCUT2D eigenvalue weighted by molar-refractivity contribution is 0.447. The lowest BCUT2D eigenvalue weighted by Crippen LogP contribution is -2.24. The molecule has 74 valence electrons. The highest BCUT2D eigenvalue weighted by Crippen LogP contribution is 2.26. The molecule has 0 unspecified atom stereocenters. The summed E-state index contributed by atoms with van der Waals surface area (Å²) >= 11 is 0. The largest absolute Gasteiger partial charge is 0.330 e. The van der Waals surface area contributed by atoms with Crippen LogP contribution in [0.4, 0.5) is 0 Å². The number of aryl methyl sites for hydroxylation is 2.